The Labute approximate surface area is 147 Å². The summed E-state index contributed by atoms with van der Waals surface area (Å²) >= 11 is 0. The van der Waals surface area contributed by atoms with Gasteiger partial charge < -0.3 is 15.1 Å². The summed E-state index contributed by atoms with van der Waals surface area (Å²) in [5.41, 5.74) is 2.77. The van der Waals surface area contributed by atoms with Crippen molar-refractivity contribution in [3.63, 3.8) is 0 Å². The van der Waals surface area contributed by atoms with Gasteiger partial charge in [-0.2, -0.15) is 5.26 Å². The van der Waals surface area contributed by atoms with Crippen LogP contribution in [0.5, 0.6) is 0 Å². The van der Waals surface area contributed by atoms with Crippen molar-refractivity contribution in [2.45, 2.75) is 6.92 Å². The first kappa shape index (κ1) is 18.0. The van der Waals surface area contributed by atoms with Crippen LogP contribution in [0, 0.1) is 11.3 Å². The van der Waals surface area contributed by atoms with Gasteiger partial charge in [-0.15, -0.1) is 0 Å². The molecule has 0 aromatic heterocycles. The van der Waals surface area contributed by atoms with Crippen molar-refractivity contribution in [2.24, 2.45) is 0 Å². The Morgan fingerprint density at radius 1 is 1.00 bits per heavy atom. The zero-order chi connectivity index (χ0) is 18.4. The van der Waals surface area contributed by atoms with Crippen molar-refractivity contribution in [3.8, 4) is 6.07 Å². The van der Waals surface area contributed by atoms with E-state index in [-0.39, 0.29) is 18.4 Å². The van der Waals surface area contributed by atoms with Crippen LogP contribution in [0.3, 0.4) is 0 Å². The van der Waals surface area contributed by atoms with Crippen LogP contribution < -0.4 is 15.1 Å². The fourth-order valence-electron chi connectivity index (χ4n) is 2.29. The van der Waals surface area contributed by atoms with Gasteiger partial charge in [-0.05, 0) is 48.5 Å². The molecule has 0 unspecified atom stereocenters. The second-order valence-corrected chi connectivity index (χ2v) is 5.75. The third-order valence-electron chi connectivity index (χ3n) is 3.66. The summed E-state index contributed by atoms with van der Waals surface area (Å²) in [6.07, 6.45) is 0. The number of hydrogen-bond donors (Lipinski definition) is 1. The Morgan fingerprint density at radius 3 is 2.04 bits per heavy atom. The van der Waals surface area contributed by atoms with E-state index in [0.29, 0.717) is 16.9 Å². The van der Waals surface area contributed by atoms with E-state index in [0.717, 1.165) is 5.69 Å². The third-order valence-corrected chi connectivity index (χ3v) is 3.66. The molecule has 0 atom stereocenters. The van der Waals surface area contributed by atoms with E-state index >= 15 is 0 Å². The van der Waals surface area contributed by atoms with Crippen molar-refractivity contribution in [1.29, 1.82) is 5.26 Å². The minimum Gasteiger partial charge on any atom is -0.378 e. The number of rotatable bonds is 5. The fourth-order valence-corrected chi connectivity index (χ4v) is 2.29. The summed E-state index contributed by atoms with van der Waals surface area (Å²) in [5.74, 6) is -0.524. The SMILES string of the molecule is CC(=O)N(CC(=O)Nc1ccc(C#N)cc1)c1ccc(N(C)C)cc1. The van der Waals surface area contributed by atoms with E-state index in [2.05, 4.69) is 5.32 Å². The zero-order valence-corrected chi connectivity index (χ0v) is 14.5. The summed E-state index contributed by atoms with van der Waals surface area (Å²) in [6.45, 7) is 1.34. The van der Waals surface area contributed by atoms with Crippen molar-refractivity contribution in [1.82, 2.24) is 0 Å². The molecule has 0 saturated carbocycles. The molecule has 128 valence electrons. The molecule has 1 N–H and O–H groups in total. The van der Waals surface area contributed by atoms with Crippen LogP contribution in [0.25, 0.3) is 0 Å². The normalized spacial score (nSPS) is 9.84. The van der Waals surface area contributed by atoms with Crippen LogP contribution >= 0.6 is 0 Å². The molecule has 0 aliphatic heterocycles. The van der Waals surface area contributed by atoms with E-state index in [1.165, 1.54) is 11.8 Å². The standard InChI is InChI=1S/C19H20N4O2/c1-14(24)23(18-10-8-17(9-11-18)22(2)3)13-19(25)21-16-6-4-15(12-20)5-7-16/h4-11H,13H2,1-3H3,(H,21,25). The lowest BCUT2D eigenvalue weighted by Gasteiger charge is -2.22. The van der Waals surface area contributed by atoms with Gasteiger partial charge in [0.1, 0.15) is 6.54 Å². The highest BCUT2D eigenvalue weighted by Crippen LogP contribution is 2.20. The second-order valence-electron chi connectivity index (χ2n) is 5.75. The third kappa shape index (κ3) is 4.82. The molecule has 25 heavy (non-hydrogen) atoms. The topological polar surface area (TPSA) is 76.4 Å². The van der Waals surface area contributed by atoms with E-state index in [9.17, 15) is 9.59 Å². The van der Waals surface area contributed by atoms with Gasteiger partial charge in [0.05, 0.1) is 11.6 Å². The van der Waals surface area contributed by atoms with Crippen molar-refractivity contribution < 1.29 is 9.59 Å². The average Bonchev–Trinajstić information content (AvgIpc) is 2.60. The maximum absolute atomic E-state index is 12.3. The second kappa shape index (κ2) is 7.97. The van der Waals surface area contributed by atoms with Crippen molar-refractivity contribution >= 4 is 28.9 Å². The highest BCUT2D eigenvalue weighted by Gasteiger charge is 2.16. The van der Waals surface area contributed by atoms with Crippen LogP contribution in [-0.4, -0.2) is 32.5 Å². The number of nitrogens with one attached hydrogen (secondary N) is 1. The molecule has 0 spiro atoms. The van der Waals surface area contributed by atoms with Crippen LogP contribution in [0.2, 0.25) is 0 Å². The van der Waals surface area contributed by atoms with Gasteiger partial charge in [0.2, 0.25) is 11.8 Å². The summed E-state index contributed by atoms with van der Waals surface area (Å²) < 4.78 is 0. The Bertz CT molecular complexity index is 790. The Hall–Kier alpha value is -3.33. The summed E-state index contributed by atoms with van der Waals surface area (Å²) in [5, 5.41) is 11.5. The minimum atomic E-state index is -0.309. The number of hydrogen-bond acceptors (Lipinski definition) is 4. The largest absolute Gasteiger partial charge is 0.378 e. The molecule has 6 heteroatoms. The average molecular weight is 336 g/mol. The van der Waals surface area contributed by atoms with E-state index < -0.39 is 0 Å². The molecule has 0 heterocycles. The predicted molar refractivity (Wildman–Crippen MR) is 98.6 cm³/mol. The molecule has 6 nitrogen and oxygen atoms in total. The van der Waals surface area contributed by atoms with Gasteiger partial charge in [0.15, 0.2) is 0 Å². The number of nitrogens with zero attached hydrogens (tertiary/aromatic N) is 3. The Morgan fingerprint density at radius 2 is 1.56 bits per heavy atom. The van der Waals surface area contributed by atoms with Gasteiger partial charge in [-0.25, -0.2) is 0 Å². The molecule has 0 fully saturated rings. The number of benzene rings is 2. The van der Waals surface area contributed by atoms with Gasteiger partial charge >= 0.3 is 0 Å². The molecule has 2 aromatic rings. The Balaban J connectivity index is 2.08. The molecule has 0 bridgehead atoms. The maximum atomic E-state index is 12.3. The zero-order valence-electron chi connectivity index (χ0n) is 14.5. The molecule has 0 aliphatic rings. The van der Waals surface area contributed by atoms with Gasteiger partial charge in [-0.3, -0.25) is 9.59 Å². The lowest BCUT2D eigenvalue weighted by atomic mass is 10.2. The van der Waals surface area contributed by atoms with E-state index in [1.807, 2.05) is 49.3 Å². The van der Waals surface area contributed by atoms with Gasteiger partial charge in [0.25, 0.3) is 0 Å². The highest BCUT2D eigenvalue weighted by atomic mass is 16.2. The first-order valence-corrected chi connectivity index (χ1v) is 7.76. The van der Waals surface area contributed by atoms with Crippen molar-refractivity contribution in [2.75, 3.05) is 35.8 Å². The monoisotopic (exact) mass is 336 g/mol. The predicted octanol–water partition coefficient (Wildman–Crippen LogP) is 2.62. The summed E-state index contributed by atoms with van der Waals surface area (Å²) in [7, 11) is 3.87. The molecule has 0 radical (unpaired) electrons. The molecule has 2 amide bonds. The number of nitriles is 1. The fraction of sp³-hybridized carbons (Fsp3) is 0.211. The lowest BCUT2D eigenvalue weighted by Crippen LogP contribution is -2.36. The number of anilines is 3. The minimum absolute atomic E-state index is 0.0867. The van der Waals surface area contributed by atoms with Crippen LogP contribution in [0.1, 0.15) is 12.5 Å². The first-order valence-electron chi connectivity index (χ1n) is 7.76. The highest BCUT2D eigenvalue weighted by molar-refractivity contribution is 6.01. The molecular weight excluding hydrogens is 316 g/mol. The van der Waals surface area contributed by atoms with Gasteiger partial charge in [0, 0.05) is 38.1 Å². The number of carbonyl (C=O) groups excluding carboxylic acids is 2. The van der Waals surface area contributed by atoms with E-state index in [4.69, 9.17) is 5.26 Å². The Kier molecular flexibility index (Phi) is 5.75. The first-order chi connectivity index (χ1) is 11.9. The lowest BCUT2D eigenvalue weighted by molar-refractivity contribution is -0.120. The van der Waals surface area contributed by atoms with Crippen LogP contribution in [0.15, 0.2) is 48.5 Å². The molecule has 0 aliphatic carbocycles. The van der Waals surface area contributed by atoms with E-state index in [1.54, 1.807) is 24.3 Å². The summed E-state index contributed by atoms with van der Waals surface area (Å²) in [6, 6.07) is 16.0. The quantitative estimate of drug-likeness (QED) is 0.910. The molecule has 2 rings (SSSR count). The van der Waals surface area contributed by atoms with Gasteiger partial charge in [-0.1, -0.05) is 0 Å². The molecule has 2 aromatic carbocycles. The number of amides is 2. The van der Waals surface area contributed by atoms with Crippen molar-refractivity contribution in [3.05, 3.63) is 54.1 Å². The molecule has 0 saturated heterocycles. The molecular formula is C19H20N4O2. The summed E-state index contributed by atoms with van der Waals surface area (Å²) in [4.78, 5) is 27.6. The smallest absolute Gasteiger partial charge is 0.244 e. The van der Waals surface area contributed by atoms with Crippen LogP contribution in [0.4, 0.5) is 17.1 Å². The maximum Gasteiger partial charge on any atom is 0.244 e. The van der Waals surface area contributed by atoms with Crippen LogP contribution in [-0.2, 0) is 9.59 Å². The number of carbonyl (C=O) groups is 2.